The average Bonchev–Trinajstić information content (AvgIpc) is 2.95. The van der Waals surface area contributed by atoms with Gasteiger partial charge in [0.15, 0.2) is 6.30 Å². The fourth-order valence-corrected chi connectivity index (χ4v) is 4.35. The Morgan fingerprint density at radius 3 is 2.30 bits per heavy atom. The maximum Gasteiger partial charge on any atom is 0.260 e. The highest BCUT2D eigenvalue weighted by Crippen LogP contribution is 2.38. The lowest BCUT2D eigenvalue weighted by molar-refractivity contribution is 0.0946. The van der Waals surface area contributed by atoms with Crippen LogP contribution in [-0.4, -0.2) is 37.1 Å². The Morgan fingerprint density at radius 1 is 0.939 bits per heavy atom. The minimum absolute atomic E-state index is 0.0382. The summed E-state index contributed by atoms with van der Waals surface area (Å²) in [5.74, 6) is -0.613. The first kappa shape index (κ1) is 22.7. The monoisotopic (exact) mass is 445 g/mol. The molecule has 3 aromatic carbocycles. The molecular weight excluding hydrogens is 417 g/mol. The van der Waals surface area contributed by atoms with Crippen molar-refractivity contribution in [2.45, 2.75) is 32.1 Å². The van der Waals surface area contributed by atoms with Crippen molar-refractivity contribution >= 4 is 23.2 Å². The van der Waals surface area contributed by atoms with Crippen molar-refractivity contribution in [1.82, 2.24) is 4.90 Å². The van der Waals surface area contributed by atoms with Gasteiger partial charge in [0.1, 0.15) is 0 Å². The number of fused-ring (bicyclic) bond motifs is 1. The minimum atomic E-state index is -1.41. The van der Waals surface area contributed by atoms with Gasteiger partial charge in [0.2, 0.25) is 0 Å². The van der Waals surface area contributed by atoms with E-state index < -0.39 is 12.2 Å². The molecule has 1 aliphatic heterocycles. The number of carbonyl (C=O) groups excluding carboxylic acids is 2. The third-order valence-corrected chi connectivity index (χ3v) is 6.14. The molecule has 0 bridgehead atoms. The Labute approximate surface area is 193 Å². The number of halogens is 1. The van der Waals surface area contributed by atoms with Crippen LogP contribution in [0.5, 0.6) is 0 Å². The lowest BCUT2D eigenvalue weighted by atomic mass is 10.0. The van der Waals surface area contributed by atoms with E-state index in [1.807, 2.05) is 57.4 Å². The molecule has 5 nitrogen and oxygen atoms in total. The standard InChI is InChI=1S/C27H28FN3O2/c1-18-8-4-5-9-21(18)26(32)29-20-14-12-19(13-15-20)27(33)31-24-11-7-6-10-22(24)23(30(2)3)16-17-25(31)28/h4-15,23,25H,16-17H2,1-3H3,(H,29,32). The maximum absolute atomic E-state index is 15.3. The van der Waals surface area contributed by atoms with Crippen molar-refractivity contribution in [2.75, 3.05) is 24.3 Å². The molecule has 1 heterocycles. The summed E-state index contributed by atoms with van der Waals surface area (Å²) in [6.45, 7) is 1.88. The van der Waals surface area contributed by atoms with Gasteiger partial charge >= 0.3 is 0 Å². The molecule has 1 N–H and O–H groups in total. The van der Waals surface area contributed by atoms with Gasteiger partial charge in [-0.25, -0.2) is 4.39 Å². The van der Waals surface area contributed by atoms with Gasteiger partial charge in [0.25, 0.3) is 11.8 Å². The number of amides is 2. The quantitative estimate of drug-likeness (QED) is 0.533. The van der Waals surface area contributed by atoms with E-state index in [9.17, 15) is 9.59 Å². The third-order valence-electron chi connectivity index (χ3n) is 6.14. The lowest BCUT2D eigenvalue weighted by Gasteiger charge is -2.28. The zero-order chi connectivity index (χ0) is 23.5. The molecule has 0 aliphatic carbocycles. The Balaban J connectivity index is 1.58. The predicted octanol–water partition coefficient (Wildman–Crippen LogP) is 5.59. The van der Waals surface area contributed by atoms with E-state index in [-0.39, 0.29) is 18.4 Å². The number of alkyl halides is 1. The molecule has 2 unspecified atom stereocenters. The number of carbonyl (C=O) groups is 2. The van der Waals surface area contributed by atoms with Crippen LogP contribution >= 0.6 is 0 Å². The van der Waals surface area contributed by atoms with Crippen molar-refractivity contribution in [1.29, 1.82) is 0 Å². The number of hydrogen-bond donors (Lipinski definition) is 1. The third kappa shape index (κ3) is 4.66. The zero-order valence-corrected chi connectivity index (χ0v) is 19.1. The Bertz CT molecular complexity index is 1160. The Hall–Kier alpha value is -3.51. The van der Waals surface area contributed by atoms with E-state index in [1.54, 1.807) is 36.4 Å². The van der Waals surface area contributed by atoms with Crippen LogP contribution in [0.4, 0.5) is 15.8 Å². The van der Waals surface area contributed by atoms with Crippen LogP contribution in [0.2, 0.25) is 0 Å². The number of aryl methyl sites for hydroxylation is 1. The number of benzene rings is 3. The van der Waals surface area contributed by atoms with E-state index >= 15 is 4.39 Å². The van der Waals surface area contributed by atoms with E-state index in [0.29, 0.717) is 28.9 Å². The fraction of sp³-hybridized carbons (Fsp3) is 0.259. The van der Waals surface area contributed by atoms with Crippen LogP contribution < -0.4 is 10.2 Å². The largest absolute Gasteiger partial charge is 0.322 e. The van der Waals surface area contributed by atoms with Gasteiger partial charge in [-0.05, 0) is 81.4 Å². The SMILES string of the molecule is Cc1ccccc1C(=O)Nc1ccc(C(=O)N2c3ccccc3C(N(C)C)CCC2F)cc1. The minimum Gasteiger partial charge on any atom is -0.322 e. The summed E-state index contributed by atoms with van der Waals surface area (Å²) in [6, 6.07) is 21.5. The molecule has 6 heteroatoms. The van der Waals surface area contributed by atoms with Gasteiger partial charge in [-0.3, -0.25) is 14.5 Å². The second kappa shape index (κ2) is 9.55. The van der Waals surface area contributed by atoms with Gasteiger partial charge < -0.3 is 10.2 Å². The Morgan fingerprint density at radius 2 is 1.61 bits per heavy atom. The second-order valence-electron chi connectivity index (χ2n) is 8.57. The van der Waals surface area contributed by atoms with Crippen LogP contribution in [0, 0.1) is 6.92 Å². The number of hydrogen-bond acceptors (Lipinski definition) is 3. The number of para-hydroxylation sites is 1. The van der Waals surface area contributed by atoms with Gasteiger partial charge in [-0.15, -0.1) is 0 Å². The first-order valence-corrected chi connectivity index (χ1v) is 11.1. The molecule has 0 spiro atoms. The van der Waals surface area contributed by atoms with Gasteiger partial charge in [-0.2, -0.15) is 0 Å². The zero-order valence-electron chi connectivity index (χ0n) is 19.1. The normalized spacial score (nSPS) is 17.9. The van der Waals surface area contributed by atoms with Crippen molar-refractivity contribution in [3.05, 3.63) is 95.1 Å². The summed E-state index contributed by atoms with van der Waals surface area (Å²) in [4.78, 5) is 29.3. The first-order valence-electron chi connectivity index (χ1n) is 11.1. The van der Waals surface area contributed by atoms with Gasteiger partial charge in [0.05, 0.1) is 5.69 Å². The highest BCUT2D eigenvalue weighted by molar-refractivity contribution is 6.08. The van der Waals surface area contributed by atoms with Gasteiger partial charge in [-0.1, -0.05) is 36.4 Å². The van der Waals surface area contributed by atoms with E-state index in [4.69, 9.17) is 0 Å². The van der Waals surface area contributed by atoms with E-state index in [0.717, 1.165) is 11.1 Å². The predicted molar refractivity (Wildman–Crippen MR) is 129 cm³/mol. The highest BCUT2D eigenvalue weighted by atomic mass is 19.1. The fourth-order valence-electron chi connectivity index (χ4n) is 4.35. The lowest BCUT2D eigenvalue weighted by Crippen LogP contribution is -2.37. The van der Waals surface area contributed by atoms with Crippen LogP contribution in [0.3, 0.4) is 0 Å². The van der Waals surface area contributed by atoms with Crippen LogP contribution in [0.25, 0.3) is 0 Å². The molecule has 2 atom stereocenters. The summed E-state index contributed by atoms with van der Waals surface area (Å²) in [7, 11) is 3.94. The number of rotatable bonds is 4. The van der Waals surface area contributed by atoms with Crippen LogP contribution in [-0.2, 0) is 0 Å². The molecule has 0 saturated heterocycles. The molecule has 0 saturated carbocycles. The number of anilines is 2. The first-order chi connectivity index (χ1) is 15.9. The molecule has 3 aromatic rings. The molecule has 33 heavy (non-hydrogen) atoms. The Kier molecular flexibility index (Phi) is 6.56. The molecule has 0 fully saturated rings. The maximum atomic E-state index is 15.3. The molecular formula is C27H28FN3O2. The van der Waals surface area contributed by atoms with Crippen LogP contribution in [0.1, 0.15) is 50.7 Å². The number of nitrogens with zero attached hydrogens (tertiary/aromatic N) is 2. The number of nitrogens with one attached hydrogen (secondary N) is 1. The summed E-state index contributed by atoms with van der Waals surface area (Å²) in [5.41, 5.74) is 3.95. The average molecular weight is 446 g/mol. The molecule has 0 aromatic heterocycles. The summed E-state index contributed by atoms with van der Waals surface area (Å²) < 4.78 is 15.3. The topological polar surface area (TPSA) is 52.7 Å². The summed E-state index contributed by atoms with van der Waals surface area (Å²) in [5, 5.41) is 2.85. The van der Waals surface area contributed by atoms with Crippen molar-refractivity contribution in [3.8, 4) is 0 Å². The van der Waals surface area contributed by atoms with Crippen molar-refractivity contribution in [3.63, 3.8) is 0 Å². The molecule has 1 aliphatic rings. The summed E-state index contributed by atoms with van der Waals surface area (Å²) >= 11 is 0. The van der Waals surface area contributed by atoms with Crippen LogP contribution in [0.15, 0.2) is 72.8 Å². The summed E-state index contributed by atoms with van der Waals surface area (Å²) in [6.07, 6.45) is -0.531. The van der Waals surface area contributed by atoms with Crippen molar-refractivity contribution in [2.24, 2.45) is 0 Å². The molecule has 4 rings (SSSR count). The smallest absolute Gasteiger partial charge is 0.260 e. The molecule has 2 amide bonds. The van der Waals surface area contributed by atoms with E-state index in [2.05, 4.69) is 10.2 Å². The highest BCUT2D eigenvalue weighted by Gasteiger charge is 2.34. The van der Waals surface area contributed by atoms with E-state index in [1.165, 1.54) is 4.90 Å². The molecule has 170 valence electrons. The van der Waals surface area contributed by atoms with Crippen molar-refractivity contribution < 1.29 is 14.0 Å². The van der Waals surface area contributed by atoms with Gasteiger partial charge in [0, 0.05) is 22.9 Å². The second-order valence-corrected chi connectivity index (χ2v) is 8.57. The molecule has 0 radical (unpaired) electrons.